The summed E-state index contributed by atoms with van der Waals surface area (Å²) in [4.78, 5) is 0. The molecule has 8 nitrogen and oxygen atoms in total. The van der Waals surface area contributed by atoms with E-state index in [1.807, 2.05) is 0 Å². The molecule has 0 bridgehead atoms. The van der Waals surface area contributed by atoms with E-state index in [0.29, 0.717) is 0 Å². The van der Waals surface area contributed by atoms with Gasteiger partial charge in [-0.1, -0.05) is 236 Å². The van der Waals surface area contributed by atoms with E-state index in [4.69, 9.17) is 18.9 Å². The second-order valence-corrected chi connectivity index (χ2v) is 31.3. The Hall–Kier alpha value is -13.8. The number of hydrogen-bond donors (Lipinski definition) is 0. The molecule has 0 unspecified atom stereocenters. The van der Waals surface area contributed by atoms with Gasteiger partial charge in [-0.05, 0) is 195 Å². The first-order chi connectivity index (χ1) is 55.3. The topological polar surface area (TPSA) is 56.6 Å². The lowest BCUT2D eigenvalue weighted by molar-refractivity contribution is 0.483. The number of benzene rings is 16. The van der Waals surface area contributed by atoms with E-state index >= 15 is 0 Å². The van der Waals surface area contributed by atoms with Crippen molar-refractivity contribution in [1.82, 2.24) is 18.3 Å². The molecule has 0 spiro atoms. The largest absolute Gasteiger partial charge is 0.458 e. The van der Waals surface area contributed by atoms with Crippen LogP contribution in [0, 0.1) is 27.7 Å². The van der Waals surface area contributed by atoms with Gasteiger partial charge in [-0.15, -0.1) is 0 Å². The fraction of sp³-hybridized carbons (Fsp3) is 0.0400. The third-order valence-electron chi connectivity index (χ3n) is 25.4. The molecule has 0 N–H and O–H groups in total. The summed E-state index contributed by atoms with van der Waals surface area (Å²) in [5.74, 6) is 7.85. The molecule has 12 heterocycles. The van der Waals surface area contributed by atoms with E-state index < -0.39 is 0 Å². The second kappa shape index (κ2) is 22.9. The number of ether oxygens (including phenoxy) is 4. The van der Waals surface area contributed by atoms with E-state index in [9.17, 15) is 0 Å². The zero-order valence-electron chi connectivity index (χ0n) is 61.8. The molecule has 0 saturated carbocycles. The minimum absolute atomic E-state index is 0.204. The second-order valence-electron chi connectivity index (χ2n) is 31.3. The minimum Gasteiger partial charge on any atom is -0.458 e. The fourth-order valence-electron chi connectivity index (χ4n) is 21.0. The molecule has 520 valence electrons. The summed E-state index contributed by atoms with van der Waals surface area (Å²) >= 11 is 0. The summed E-state index contributed by atoms with van der Waals surface area (Å²) in [5, 5.41) is 10.5. The number of fused-ring (bicyclic) bond motifs is 28. The van der Waals surface area contributed by atoms with E-state index in [1.54, 1.807) is 0 Å². The molecule has 0 fully saturated rings. The lowest BCUT2D eigenvalue weighted by Gasteiger charge is -2.33. The van der Waals surface area contributed by atoms with Crippen molar-refractivity contribution in [3.8, 4) is 68.7 Å². The molecule has 28 rings (SSSR count). The van der Waals surface area contributed by atoms with Crippen LogP contribution in [-0.2, 0) is 0 Å². The lowest BCUT2D eigenvalue weighted by Crippen LogP contribution is -2.59. The maximum absolute atomic E-state index is 6.44. The van der Waals surface area contributed by atoms with Gasteiger partial charge < -0.3 is 37.2 Å². The Morgan fingerprint density at radius 2 is 0.527 bits per heavy atom. The predicted octanol–water partition coefficient (Wildman–Crippen LogP) is 16.1. The molecule has 112 heavy (non-hydrogen) atoms. The zero-order chi connectivity index (χ0) is 73.6. The van der Waals surface area contributed by atoms with E-state index in [0.717, 1.165) is 46.0 Å². The molecule has 0 amide bonds. The minimum atomic E-state index is 0.204. The Morgan fingerprint density at radius 1 is 0.205 bits per heavy atom. The molecular weight excluding hydrogens is 1360 g/mol. The molecular formula is C100H64B4N4O4. The summed E-state index contributed by atoms with van der Waals surface area (Å²) in [6.07, 6.45) is 0. The summed E-state index contributed by atoms with van der Waals surface area (Å²) < 4.78 is 35.3. The Kier molecular flexibility index (Phi) is 12.7. The number of para-hydroxylation sites is 9. The number of nitrogens with zero attached hydrogens (tertiary/aromatic N) is 4. The van der Waals surface area contributed by atoms with Crippen molar-refractivity contribution < 1.29 is 18.9 Å². The zero-order valence-corrected chi connectivity index (χ0v) is 61.8. The van der Waals surface area contributed by atoms with E-state index in [-0.39, 0.29) is 26.9 Å². The molecule has 8 aliphatic heterocycles. The molecule has 16 aromatic carbocycles. The van der Waals surface area contributed by atoms with Crippen LogP contribution in [-0.4, -0.2) is 45.1 Å². The normalized spacial score (nSPS) is 13.4. The quantitative estimate of drug-likeness (QED) is 0.142. The van der Waals surface area contributed by atoms with Gasteiger partial charge in [0.25, 0.3) is 26.9 Å². The Bertz CT molecular complexity index is 7500. The van der Waals surface area contributed by atoms with Gasteiger partial charge in [0.1, 0.15) is 46.0 Å². The molecule has 12 heteroatoms. The highest BCUT2D eigenvalue weighted by molar-refractivity contribution is 7.01. The van der Waals surface area contributed by atoms with Gasteiger partial charge in [0, 0.05) is 87.9 Å². The highest BCUT2D eigenvalue weighted by Gasteiger charge is 2.45. The predicted molar refractivity (Wildman–Crippen MR) is 467 cm³/mol. The fourth-order valence-corrected chi connectivity index (χ4v) is 21.0. The van der Waals surface area contributed by atoms with Crippen LogP contribution in [0.25, 0.3) is 110 Å². The molecule has 4 aromatic heterocycles. The third kappa shape index (κ3) is 8.29. The van der Waals surface area contributed by atoms with Crippen LogP contribution in [0.4, 0.5) is 0 Å². The summed E-state index contributed by atoms with van der Waals surface area (Å²) in [7, 11) is 0. The van der Waals surface area contributed by atoms with Crippen LogP contribution >= 0.6 is 0 Å². The third-order valence-corrected chi connectivity index (χ3v) is 25.4. The van der Waals surface area contributed by atoms with Crippen molar-refractivity contribution in [2.24, 2.45) is 0 Å². The summed E-state index contributed by atoms with van der Waals surface area (Å²) in [5.41, 5.74) is 35.9. The number of hydrogen-bond acceptors (Lipinski definition) is 4. The van der Waals surface area contributed by atoms with E-state index in [2.05, 4.69) is 361 Å². The van der Waals surface area contributed by atoms with Gasteiger partial charge in [0.05, 0.1) is 22.1 Å². The van der Waals surface area contributed by atoms with Gasteiger partial charge in [-0.3, -0.25) is 0 Å². The number of aryl methyl sites for hydroxylation is 4. The average Bonchev–Trinajstić information content (AvgIpc) is 1.49. The molecule has 8 aliphatic rings. The van der Waals surface area contributed by atoms with Crippen LogP contribution in [0.3, 0.4) is 0 Å². The van der Waals surface area contributed by atoms with Crippen LogP contribution in [0.1, 0.15) is 22.3 Å². The van der Waals surface area contributed by atoms with Crippen LogP contribution in [0.2, 0.25) is 0 Å². The maximum Gasteiger partial charge on any atom is 0.256 e. The van der Waals surface area contributed by atoms with Gasteiger partial charge in [0.15, 0.2) is 0 Å². The number of aromatic nitrogens is 4. The van der Waals surface area contributed by atoms with Gasteiger partial charge in [-0.25, -0.2) is 0 Å². The SMILES string of the molecule is Cc1ccc2c(c1)B1c3c(cccc3-n3c4ccccc4c4cccc1c43)O2.Cc1ccc2c(c1)Oc1cccc3c1B2c1cccc2c4ccccc4n-3c12.Cc1cccc2c1B1c3c(cccc3-n3c4ccccc4c4cccc1c43)O2.Cc1cccc2c1Oc1cccc3c1B2c1cccc2c4ccccc4n-3c12. The van der Waals surface area contributed by atoms with Crippen LogP contribution < -0.4 is 84.5 Å². The van der Waals surface area contributed by atoms with Crippen molar-refractivity contribution in [3.63, 3.8) is 0 Å². The van der Waals surface area contributed by atoms with E-state index in [1.165, 1.54) is 198 Å². The van der Waals surface area contributed by atoms with Crippen molar-refractivity contribution >= 4 is 180 Å². The monoisotopic (exact) mass is 1430 g/mol. The Balaban J connectivity index is 0.0000000847. The van der Waals surface area contributed by atoms with Crippen molar-refractivity contribution in [2.75, 3.05) is 0 Å². The molecule has 0 saturated heterocycles. The average molecular weight is 1430 g/mol. The first kappa shape index (κ1) is 62.1. The van der Waals surface area contributed by atoms with Crippen LogP contribution in [0.5, 0.6) is 46.0 Å². The van der Waals surface area contributed by atoms with Gasteiger partial charge >= 0.3 is 0 Å². The number of rotatable bonds is 0. The first-order valence-corrected chi connectivity index (χ1v) is 39.0. The van der Waals surface area contributed by atoms with Gasteiger partial charge in [-0.2, -0.15) is 0 Å². The highest BCUT2D eigenvalue weighted by atomic mass is 16.5. The molecule has 20 aromatic rings. The van der Waals surface area contributed by atoms with Crippen LogP contribution in [0.15, 0.2) is 315 Å². The smallest absolute Gasteiger partial charge is 0.256 e. The maximum atomic E-state index is 6.44. The Morgan fingerprint density at radius 3 is 1.00 bits per heavy atom. The summed E-state index contributed by atoms with van der Waals surface area (Å²) in [6.45, 7) is 9.42. The standard InChI is InChI=1S/4C25H16BNO/c1-15-7-4-11-19-25(15)28-22-14-6-13-21-23(22)26(19)18-10-5-9-17-16-8-2-3-12-20(16)27(21)24(17)18;1-15-7-4-13-21-23(15)26-18-10-5-9-17-16-8-2-3-11-19(16)27(25(17)18)20-12-6-14-22(28-21)24(20)26;1-15-12-13-18-23(14-15)28-22-11-5-10-21-24(22)26(18)19-8-4-7-17-16-6-2-3-9-20(16)27(21)25(17)19;1-15-12-13-22-19(14-15)26-18-8-4-7-17-16-6-2-3-9-20(16)27(25(17)18)21-10-5-11-23(28-22)24(21)26/h4*2-14H,1H3. The summed E-state index contributed by atoms with van der Waals surface area (Å²) in [6, 6.07) is 114. The highest BCUT2D eigenvalue weighted by Crippen LogP contribution is 2.44. The molecule has 0 aliphatic carbocycles. The first-order valence-electron chi connectivity index (χ1n) is 39.0. The van der Waals surface area contributed by atoms with Crippen molar-refractivity contribution in [1.29, 1.82) is 0 Å². The lowest BCUT2D eigenvalue weighted by atomic mass is 9.34. The van der Waals surface area contributed by atoms with Crippen molar-refractivity contribution in [3.05, 3.63) is 338 Å². The molecule has 0 radical (unpaired) electrons. The van der Waals surface area contributed by atoms with Gasteiger partial charge in [0.2, 0.25) is 0 Å². The molecule has 0 atom stereocenters. The Labute approximate surface area is 646 Å². The van der Waals surface area contributed by atoms with Crippen molar-refractivity contribution in [2.45, 2.75) is 27.7 Å².